The van der Waals surface area contributed by atoms with Crippen LogP contribution in [0.4, 0.5) is 8.78 Å². The van der Waals surface area contributed by atoms with Gasteiger partial charge >= 0.3 is 0 Å². The lowest BCUT2D eigenvalue weighted by Crippen LogP contribution is -2.44. The van der Waals surface area contributed by atoms with Crippen molar-refractivity contribution in [3.8, 4) is 0 Å². The van der Waals surface area contributed by atoms with Crippen molar-refractivity contribution in [1.82, 2.24) is 30.8 Å². The molecule has 2 amide bonds. The van der Waals surface area contributed by atoms with Gasteiger partial charge in [0.1, 0.15) is 5.82 Å². The van der Waals surface area contributed by atoms with E-state index in [-0.39, 0.29) is 12.5 Å². The number of rotatable bonds is 8. The number of hydrogen-bond acceptors (Lipinski definition) is 5. The molecule has 1 aromatic carbocycles. The monoisotopic (exact) mass is 366 g/mol. The molecule has 0 radical (unpaired) electrons. The van der Waals surface area contributed by atoms with E-state index in [1.807, 2.05) is 6.07 Å². The third kappa shape index (κ3) is 5.30. The summed E-state index contributed by atoms with van der Waals surface area (Å²) in [6.07, 6.45) is -3.57. The lowest BCUT2D eigenvalue weighted by Gasteiger charge is -2.20. The fourth-order valence-corrected chi connectivity index (χ4v) is 2.39. The molecule has 0 saturated heterocycles. The molecule has 0 bridgehead atoms. The van der Waals surface area contributed by atoms with Gasteiger partial charge in [0, 0.05) is 12.6 Å². The summed E-state index contributed by atoms with van der Waals surface area (Å²) in [4.78, 5) is 24.1. The number of halogens is 2. The first kappa shape index (κ1) is 19.4. The number of carbonyl (C=O) groups is 2. The maximum Gasteiger partial charge on any atom is 0.249 e. The van der Waals surface area contributed by atoms with Crippen LogP contribution in [0.1, 0.15) is 30.8 Å². The van der Waals surface area contributed by atoms with Crippen molar-refractivity contribution in [2.45, 2.75) is 38.8 Å². The van der Waals surface area contributed by atoms with Gasteiger partial charge in [-0.25, -0.2) is 13.5 Å². The zero-order valence-corrected chi connectivity index (χ0v) is 14.4. The van der Waals surface area contributed by atoms with E-state index in [9.17, 15) is 18.4 Å². The summed E-state index contributed by atoms with van der Waals surface area (Å²) < 4.78 is 25.8. The summed E-state index contributed by atoms with van der Waals surface area (Å²) >= 11 is 0. The molecule has 0 aliphatic carbocycles. The fourth-order valence-electron chi connectivity index (χ4n) is 2.39. The Kier molecular flexibility index (Phi) is 6.70. The van der Waals surface area contributed by atoms with Crippen molar-refractivity contribution >= 4 is 11.8 Å². The van der Waals surface area contributed by atoms with Crippen molar-refractivity contribution in [1.29, 1.82) is 0 Å². The topological polar surface area (TPSA) is 102 Å². The van der Waals surface area contributed by atoms with Crippen LogP contribution in [0.15, 0.2) is 30.3 Å². The third-order valence-corrected chi connectivity index (χ3v) is 3.60. The molecule has 1 unspecified atom stereocenters. The number of nitrogens with zero attached hydrogens (tertiary/aromatic N) is 4. The highest BCUT2D eigenvalue weighted by Crippen LogP contribution is 2.18. The van der Waals surface area contributed by atoms with E-state index in [1.54, 1.807) is 38.1 Å². The number of tetrazole rings is 1. The number of alkyl halides is 2. The number of carbonyl (C=O) groups excluding carboxylic acids is 2. The van der Waals surface area contributed by atoms with Crippen molar-refractivity contribution < 1.29 is 18.4 Å². The Bertz CT molecular complexity index is 737. The van der Waals surface area contributed by atoms with E-state index in [2.05, 4.69) is 26.2 Å². The molecule has 2 atom stereocenters. The highest BCUT2D eigenvalue weighted by atomic mass is 19.3. The largest absolute Gasteiger partial charge is 0.352 e. The van der Waals surface area contributed by atoms with Gasteiger partial charge in [-0.1, -0.05) is 30.3 Å². The normalized spacial score (nSPS) is 13.3. The Morgan fingerprint density at radius 1 is 1.23 bits per heavy atom. The number of nitrogens with one attached hydrogen (secondary N) is 2. The third-order valence-electron chi connectivity index (χ3n) is 3.60. The van der Waals surface area contributed by atoms with Crippen LogP contribution in [-0.4, -0.2) is 51.0 Å². The molecule has 140 valence electrons. The second-order valence-electron chi connectivity index (χ2n) is 5.79. The molecule has 1 aromatic heterocycles. The average molecular weight is 366 g/mol. The molecule has 0 fully saturated rings. The Morgan fingerprint density at radius 3 is 2.50 bits per heavy atom. The van der Waals surface area contributed by atoms with Crippen LogP contribution < -0.4 is 10.6 Å². The smallest absolute Gasteiger partial charge is 0.249 e. The first-order chi connectivity index (χ1) is 12.4. The van der Waals surface area contributed by atoms with Gasteiger partial charge in [-0.05, 0) is 29.8 Å². The highest BCUT2D eigenvalue weighted by Gasteiger charge is 2.26. The van der Waals surface area contributed by atoms with Crippen LogP contribution in [0.5, 0.6) is 0 Å². The van der Waals surface area contributed by atoms with Crippen LogP contribution in [0.3, 0.4) is 0 Å². The van der Waals surface area contributed by atoms with Gasteiger partial charge in [-0.15, -0.1) is 5.10 Å². The number of benzene rings is 1. The summed E-state index contributed by atoms with van der Waals surface area (Å²) in [5.74, 6) is -0.675. The van der Waals surface area contributed by atoms with Gasteiger partial charge in [0.15, 0.2) is 6.04 Å². The lowest BCUT2D eigenvalue weighted by molar-refractivity contribution is -0.126. The van der Waals surface area contributed by atoms with Gasteiger partial charge in [0.05, 0.1) is 6.42 Å². The first-order valence-electron chi connectivity index (χ1n) is 8.03. The minimum absolute atomic E-state index is 0.0817. The van der Waals surface area contributed by atoms with Gasteiger partial charge in [0.25, 0.3) is 0 Å². The van der Waals surface area contributed by atoms with E-state index in [0.717, 1.165) is 0 Å². The van der Waals surface area contributed by atoms with E-state index < -0.39 is 30.8 Å². The van der Waals surface area contributed by atoms with Crippen LogP contribution in [0.25, 0.3) is 0 Å². The molecule has 2 rings (SSSR count). The molecule has 2 N–H and O–H groups in total. The van der Waals surface area contributed by atoms with Crippen LogP contribution >= 0.6 is 0 Å². The molecule has 0 spiro atoms. The highest BCUT2D eigenvalue weighted by molar-refractivity contribution is 5.83. The van der Waals surface area contributed by atoms with E-state index in [1.165, 1.54) is 4.68 Å². The minimum Gasteiger partial charge on any atom is -0.352 e. The molecular formula is C16H20F2N6O2. The quantitative estimate of drug-likeness (QED) is 0.721. The standard InChI is InChI=1S/C16H20F2N6O2/c1-10(20-14(25)8-13(17)18)9-19-16(26)15(12-6-4-3-5-7-12)24-11(2)21-22-23-24/h3-7,10,13,15H,8-9H2,1-2H3,(H,19,26)(H,20,25)/t10-,15?/m0/s1. The van der Waals surface area contributed by atoms with Crippen molar-refractivity contribution in [2.75, 3.05) is 6.54 Å². The number of aryl methyl sites for hydroxylation is 1. The second kappa shape index (κ2) is 8.97. The molecule has 2 aromatic rings. The van der Waals surface area contributed by atoms with Crippen molar-refractivity contribution in [2.24, 2.45) is 0 Å². The van der Waals surface area contributed by atoms with E-state index in [0.29, 0.717) is 11.4 Å². The molecule has 1 heterocycles. The Labute approximate surface area is 149 Å². The molecule has 10 heteroatoms. The van der Waals surface area contributed by atoms with Crippen LogP contribution in [0, 0.1) is 6.92 Å². The van der Waals surface area contributed by atoms with Gasteiger partial charge in [-0.3, -0.25) is 9.59 Å². The zero-order chi connectivity index (χ0) is 19.1. The van der Waals surface area contributed by atoms with Gasteiger partial charge in [-0.2, -0.15) is 0 Å². The molecule has 26 heavy (non-hydrogen) atoms. The number of amides is 2. The van der Waals surface area contributed by atoms with Crippen LogP contribution in [0.2, 0.25) is 0 Å². The van der Waals surface area contributed by atoms with E-state index in [4.69, 9.17) is 0 Å². The van der Waals surface area contributed by atoms with E-state index >= 15 is 0 Å². The zero-order valence-electron chi connectivity index (χ0n) is 14.4. The van der Waals surface area contributed by atoms with Crippen LogP contribution in [-0.2, 0) is 9.59 Å². The summed E-state index contributed by atoms with van der Waals surface area (Å²) in [5.41, 5.74) is 0.690. The Morgan fingerprint density at radius 2 is 1.92 bits per heavy atom. The molecular weight excluding hydrogens is 346 g/mol. The number of hydrogen-bond donors (Lipinski definition) is 2. The van der Waals surface area contributed by atoms with Crippen molar-refractivity contribution in [3.63, 3.8) is 0 Å². The maximum atomic E-state index is 12.7. The van der Waals surface area contributed by atoms with Gasteiger partial charge in [0.2, 0.25) is 18.2 Å². The molecule has 0 saturated carbocycles. The Hall–Kier alpha value is -2.91. The summed E-state index contributed by atoms with van der Waals surface area (Å²) in [7, 11) is 0. The second-order valence-corrected chi connectivity index (χ2v) is 5.79. The van der Waals surface area contributed by atoms with Crippen molar-refractivity contribution in [3.05, 3.63) is 41.7 Å². The lowest BCUT2D eigenvalue weighted by atomic mass is 10.1. The molecule has 0 aliphatic rings. The predicted octanol–water partition coefficient (Wildman–Crippen LogP) is 0.847. The first-order valence-corrected chi connectivity index (χ1v) is 8.03. The Balaban J connectivity index is 2.04. The maximum absolute atomic E-state index is 12.7. The SMILES string of the molecule is Cc1nnnn1C(C(=O)NC[C@H](C)NC(=O)CC(F)F)c1ccccc1. The average Bonchev–Trinajstić information content (AvgIpc) is 2.99. The summed E-state index contributed by atoms with van der Waals surface area (Å²) in [6, 6.07) is 7.68. The fraction of sp³-hybridized carbons (Fsp3) is 0.438. The summed E-state index contributed by atoms with van der Waals surface area (Å²) in [5, 5.41) is 16.3. The summed E-state index contributed by atoms with van der Waals surface area (Å²) in [6.45, 7) is 3.37. The molecule has 8 nitrogen and oxygen atoms in total. The predicted molar refractivity (Wildman–Crippen MR) is 88.4 cm³/mol. The minimum atomic E-state index is -2.71. The molecule has 0 aliphatic heterocycles. The van der Waals surface area contributed by atoms with Gasteiger partial charge < -0.3 is 10.6 Å². The number of aromatic nitrogens is 4.